The zero-order valence-electron chi connectivity index (χ0n) is 9.16. The van der Waals surface area contributed by atoms with E-state index in [1.165, 1.54) is 32.1 Å². The maximum atomic E-state index is 11.2. The first-order valence-electron chi connectivity index (χ1n) is 5.57. The van der Waals surface area contributed by atoms with E-state index in [1.54, 1.807) is 6.92 Å². The molecule has 0 aromatic heterocycles. The summed E-state index contributed by atoms with van der Waals surface area (Å²) in [4.78, 5) is 11.2. The summed E-state index contributed by atoms with van der Waals surface area (Å²) in [6.07, 6.45) is 6.27. The number of nitrogens with two attached hydrogens (primary N) is 1. The van der Waals surface area contributed by atoms with Gasteiger partial charge in [0.15, 0.2) is 0 Å². The van der Waals surface area contributed by atoms with Crippen LogP contribution in [0.1, 0.15) is 46.0 Å². The van der Waals surface area contributed by atoms with Crippen LogP contribution in [0.4, 0.5) is 0 Å². The minimum Gasteiger partial charge on any atom is -0.461 e. The zero-order valence-corrected chi connectivity index (χ0v) is 9.16. The van der Waals surface area contributed by atoms with Gasteiger partial charge >= 0.3 is 5.97 Å². The Balaban J connectivity index is 2.32. The number of carbonyl (C=O) groups excluding carboxylic acids is 1. The summed E-state index contributed by atoms with van der Waals surface area (Å²) in [5, 5.41) is 0. The van der Waals surface area contributed by atoms with Gasteiger partial charge in [-0.1, -0.05) is 19.3 Å². The highest BCUT2D eigenvalue weighted by atomic mass is 16.5. The molecule has 0 saturated heterocycles. The average Bonchev–Trinajstić information content (AvgIpc) is 2.19. The Morgan fingerprint density at radius 3 is 2.36 bits per heavy atom. The lowest BCUT2D eigenvalue weighted by Crippen LogP contribution is -2.34. The van der Waals surface area contributed by atoms with E-state index in [0.29, 0.717) is 5.92 Å². The molecule has 1 saturated carbocycles. The fraction of sp³-hybridized carbons (Fsp3) is 0.909. The first-order chi connectivity index (χ1) is 6.61. The van der Waals surface area contributed by atoms with Crippen LogP contribution in [0.3, 0.4) is 0 Å². The molecular weight excluding hydrogens is 178 g/mol. The monoisotopic (exact) mass is 199 g/mol. The van der Waals surface area contributed by atoms with Crippen molar-refractivity contribution in [1.82, 2.24) is 0 Å². The van der Waals surface area contributed by atoms with E-state index in [-0.39, 0.29) is 12.1 Å². The summed E-state index contributed by atoms with van der Waals surface area (Å²) in [6.45, 7) is 3.65. The molecule has 0 amide bonds. The first kappa shape index (κ1) is 11.5. The molecule has 14 heavy (non-hydrogen) atoms. The fourth-order valence-electron chi connectivity index (χ4n) is 1.99. The summed E-state index contributed by atoms with van der Waals surface area (Å²) in [5.41, 5.74) is 5.44. The quantitative estimate of drug-likeness (QED) is 0.706. The third-order valence-electron chi connectivity index (χ3n) is 2.99. The van der Waals surface area contributed by atoms with Crippen molar-refractivity contribution in [3.8, 4) is 0 Å². The van der Waals surface area contributed by atoms with Gasteiger partial charge < -0.3 is 10.5 Å². The fourth-order valence-corrected chi connectivity index (χ4v) is 1.99. The van der Waals surface area contributed by atoms with Crippen LogP contribution in [0, 0.1) is 5.92 Å². The molecule has 0 aromatic carbocycles. The molecule has 1 aliphatic rings. The Morgan fingerprint density at radius 2 is 1.86 bits per heavy atom. The van der Waals surface area contributed by atoms with Gasteiger partial charge in [0, 0.05) is 0 Å². The molecule has 1 aliphatic carbocycles. The molecule has 0 bridgehead atoms. The van der Waals surface area contributed by atoms with Crippen LogP contribution in [0.5, 0.6) is 0 Å². The highest BCUT2D eigenvalue weighted by molar-refractivity contribution is 5.75. The molecule has 0 spiro atoms. The number of carbonyl (C=O) groups is 1. The summed E-state index contributed by atoms with van der Waals surface area (Å²) in [7, 11) is 0. The molecule has 0 radical (unpaired) electrons. The Hall–Kier alpha value is -0.570. The highest BCUT2D eigenvalue weighted by Crippen LogP contribution is 2.27. The molecule has 1 fully saturated rings. The molecule has 0 heterocycles. The Labute approximate surface area is 86.0 Å². The highest BCUT2D eigenvalue weighted by Gasteiger charge is 2.23. The van der Waals surface area contributed by atoms with Crippen molar-refractivity contribution >= 4 is 5.97 Å². The standard InChI is InChI=1S/C11H21NO2/c1-8(12)11(13)14-9(2)10-6-4-3-5-7-10/h8-10H,3-7,12H2,1-2H3. The molecule has 3 nitrogen and oxygen atoms in total. The number of ether oxygens (including phenoxy) is 1. The predicted molar refractivity (Wildman–Crippen MR) is 55.8 cm³/mol. The molecule has 0 aliphatic heterocycles. The molecule has 0 aromatic rings. The van der Waals surface area contributed by atoms with Crippen LogP contribution in [0.2, 0.25) is 0 Å². The first-order valence-corrected chi connectivity index (χ1v) is 5.57. The number of hydrogen-bond acceptors (Lipinski definition) is 3. The SMILES string of the molecule is CC(N)C(=O)OC(C)C1CCCCC1. The molecule has 2 unspecified atom stereocenters. The number of hydrogen-bond donors (Lipinski definition) is 1. The summed E-state index contributed by atoms with van der Waals surface area (Å²) >= 11 is 0. The normalized spacial score (nSPS) is 22.8. The second kappa shape index (κ2) is 5.35. The van der Waals surface area contributed by atoms with Crippen molar-refractivity contribution in [2.75, 3.05) is 0 Å². The van der Waals surface area contributed by atoms with Gasteiger partial charge in [0.25, 0.3) is 0 Å². The maximum Gasteiger partial charge on any atom is 0.322 e. The van der Waals surface area contributed by atoms with Crippen LogP contribution >= 0.6 is 0 Å². The van der Waals surface area contributed by atoms with Crippen LogP contribution in [0.25, 0.3) is 0 Å². The minimum absolute atomic E-state index is 0.0359. The van der Waals surface area contributed by atoms with Gasteiger partial charge in [-0.05, 0) is 32.6 Å². The van der Waals surface area contributed by atoms with E-state index in [1.807, 2.05) is 6.92 Å². The topological polar surface area (TPSA) is 52.3 Å². The van der Waals surface area contributed by atoms with Crippen molar-refractivity contribution < 1.29 is 9.53 Å². The Kier molecular flexibility index (Phi) is 4.39. The van der Waals surface area contributed by atoms with E-state index in [2.05, 4.69) is 0 Å². The smallest absolute Gasteiger partial charge is 0.322 e. The van der Waals surface area contributed by atoms with Crippen LogP contribution in [0.15, 0.2) is 0 Å². The lowest BCUT2D eigenvalue weighted by Gasteiger charge is -2.27. The lowest BCUT2D eigenvalue weighted by atomic mass is 9.86. The van der Waals surface area contributed by atoms with Crippen LogP contribution < -0.4 is 5.73 Å². The van der Waals surface area contributed by atoms with Crippen molar-refractivity contribution in [2.24, 2.45) is 11.7 Å². The van der Waals surface area contributed by atoms with Crippen molar-refractivity contribution in [3.63, 3.8) is 0 Å². The molecular formula is C11H21NO2. The van der Waals surface area contributed by atoms with Gasteiger partial charge in [-0.25, -0.2) is 0 Å². The van der Waals surface area contributed by atoms with Gasteiger partial charge in [-0.15, -0.1) is 0 Å². The van der Waals surface area contributed by atoms with E-state index >= 15 is 0 Å². The van der Waals surface area contributed by atoms with Gasteiger partial charge in [-0.2, -0.15) is 0 Å². The van der Waals surface area contributed by atoms with E-state index < -0.39 is 6.04 Å². The van der Waals surface area contributed by atoms with Gasteiger partial charge in [-0.3, -0.25) is 4.79 Å². The molecule has 2 N–H and O–H groups in total. The summed E-state index contributed by atoms with van der Waals surface area (Å²) in [6, 6.07) is -0.499. The lowest BCUT2D eigenvalue weighted by molar-refractivity contribution is -0.152. The zero-order chi connectivity index (χ0) is 10.6. The van der Waals surface area contributed by atoms with E-state index in [0.717, 1.165) is 0 Å². The van der Waals surface area contributed by atoms with E-state index in [9.17, 15) is 4.79 Å². The third-order valence-corrected chi connectivity index (χ3v) is 2.99. The van der Waals surface area contributed by atoms with Crippen molar-refractivity contribution in [3.05, 3.63) is 0 Å². The molecule has 3 heteroatoms. The minimum atomic E-state index is -0.499. The number of rotatable bonds is 3. The summed E-state index contributed by atoms with van der Waals surface area (Å²) < 4.78 is 5.29. The maximum absolute atomic E-state index is 11.2. The van der Waals surface area contributed by atoms with Gasteiger partial charge in [0.05, 0.1) is 0 Å². The number of esters is 1. The molecule has 1 rings (SSSR count). The van der Waals surface area contributed by atoms with Gasteiger partial charge in [0.1, 0.15) is 12.1 Å². The van der Waals surface area contributed by atoms with Crippen molar-refractivity contribution in [1.29, 1.82) is 0 Å². The Morgan fingerprint density at radius 1 is 1.29 bits per heavy atom. The summed E-state index contributed by atoms with van der Waals surface area (Å²) in [5.74, 6) is 0.273. The van der Waals surface area contributed by atoms with Crippen molar-refractivity contribution in [2.45, 2.75) is 58.1 Å². The average molecular weight is 199 g/mol. The second-order valence-corrected chi connectivity index (χ2v) is 4.33. The second-order valence-electron chi connectivity index (χ2n) is 4.33. The molecule has 82 valence electrons. The Bertz CT molecular complexity index is 186. The third kappa shape index (κ3) is 3.29. The van der Waals surface area contributed by atoms with E-state index in [4.69, 9.17) is 10.5 Å². The van der Waals surface area contributed by atoms with Crippen LogP contribution in [-0.2, 0) is 9.53 Å². The van der Waals surface area contributed by atoms with Crippen LogP contribution in [-0.4, -0.2) is 18.1 Å². The molecule has 2 atom stereocenters. The predicted octanol–water partition coefficient (Wildman–Crippen LogP) is 1.85. The van der Waals surface area contributed by atoms with Gasteiger partial charge in [0.2, 0.25) is 0 Å². The largest absolute Gasteiger partial charge is 0.461 e.